The molecule has 1 atom stereocenters. The summed E-state index contributed by atoms with van der Waals surface area (Å²) in [4.78, 5) is 23.0. The molecule has 144 valence electrons. The van der Waals surface area contributed by atoms with Crippen LogP contribution in [0.2, 0.25) is 0 Å². The smallest absolute Gasteiger partial charge is 0.310 e. The van der Waals surface area contributed by atoms with Crippen LogP contribution in [0.15, 0.2) is 71.1 Å². The fourth-order valence-corrected chi connectivity index (χ4v) is 2.79. The molecule has 3 aromatic rings. The quantitative estimate of drug-likeness (QED) is 0.453. The van der Waals surface area contributed by atoms with E-state index in [-0.39, 0.29) is 35.8 Å². The van der Waals surface area contributed by atoms with Crippen LogP contribution in [0.5, 0.6) is 5.75 Å². The summed E-state index contributed by atoms with van der Waals surface area (Å²) in [6.45, 7) is 1.97. The fourth-order valence-electron chi connectivity index (χ4n) is 2.79. The molecular weight excluding hydrogens is 360 g/mol. The van der Waals surface area contributed by atoms with E-state index in [0.717, 1.165) is 12.0 Å². The van der Waals surface area contributed by atoms with Crippen molar-refractivity contribution in [1.82, 2.24) is 5.32 Å². The minimum absolute atomic E-state index is 0.0198. The SMILES string of the molecule is CCC(NC(=O)c1ccc(COc2ccccc2[N+](=O)[O-])o1)c1ccccc1. The molecule has 0 bridgehead atoms. The van der Waals surface area contributed by atoms with Crippen molar-refractivity contribution >= 4 is 11.6 Å². The summed E-state index contributed by atoms with van der Waals surface area (Å²) in [6, 6.07) is 18.9. The van der Waals surface area contributed by atoms with Crippen LogP contribution < -0.4 is 10.1 Å². The number of benzene rings is 2. The van der Waals surface area contributed by atoms with Gasteiger partial charge in [-0.3, -0.25) is 14.9 Å². The van der Waals surface area contributed by atoms with E-state index >= 15 is 0 Å². The Bertz CT molecular complexity index is 952. The van der Waals surface area contributed by atoms with E-state index in [1.807, 2.05) is 37.3 Å². The maximum absolute atomic E-state index is 12.5. The van der Waals surface area contributed by atoms with E-state index in [0.29, 0.717) is 5.76 Å². The second-order valence-corrected chi connectivity index (χ2v) is 6.12. The first-order valence-electron chi connectivity index (χ1n) is 8.89. The molecule has 1 N–H and O–H groups in total. The number of rotatable bonds is 8. The van der Waals surface area contributed by atoms with Crippen molar-refractivity contribution in [2.24, 2.45) is 0 Å². The van der Waals surface area contributed by atoms with Gasteiger partial charge in [0, 0.05) is 6.07 Å². The van der Waals surface area contributed by atoms with Crippen LogP contribution >= 0.6 is 0 Å². The van der Waals surface area contributed by atoms with Gasteiger partial charge in [-0.25, -0.2) is 0 Å². The Hall–Kier alpha value is -3.61. The van der Waals surface area contributed by atoms with Gasteiger partial charge in [-0.15, -0.1) is 0 Å². The molecule has 0 aliphatic carbocycles. The van der Waals surface area contributed by atoms with Crippen LogP contribution in [0.1, 0.15) is 41.3 Å². The van der Waals surface area contributed by atoms with Gasteiger partial charge in [-0.1, -0.05) is 49.4 Å². The van der Waals surface area contributed by atoms with E-state index in [1.54, 1.807) is 24.3 Å². The highest BCUT2D eigenvalue weighted by molar-refractivity contribution is 5.91. The molecule has 1 heterocycles. The highest BCUT2D eigenvalue weighted by Crippen LogP contribution is 2.27. The third kappa shape index (κ3) is 4.56. The molecule has 28 heavy (non-hydrogen) atoms. The highest BCUT2D eigenvalue weighted by atomic mass is 16.6. The molecule has 0 aliphatic heterocycles. The first kappa shape index (κ1) is 19.2. The zero-order valence-corrected chi connectivity index (χ0v) is 15.3. The molecule has 0 radical (unpaired) electrons. The van der Waals surface area contributed by atoms with Gasteiger partial charge < -0.3 is 14.5 Å². The van der Waals surface area contributed by atoms with Crippen molar-refractivity contribution in [2.75, 3.05) is 0 Å². The zero-order chi connectivity index (χ0) is 19.9. The Morgan fingerprint density at radius 2 is 1.82 bits per heavy atom. The summed E-state index contributed by atoms with van der Waals surface area (Å²) in [6.07, 6.45) is 0.740. The van der Waals surface area contributed by atoms with Gasteiger partial charge >= 0.3 is 5.69 Å². The summed E-state index contributed by atoms with van der Waals surface area (Å²) in [5.74, 6) is 0.379. The van der Waals surface area contributed by atoms with Crippen molar-refractivity contribution in [3.8, 4) is 5.75 Å². The van der Waals surface area contributed by atoms with Crippen molar-refractivity contribution in [3.63, 3.8) is 0 Å². The molecule has 1 aromatic heterocycles. The number of para-hydroxylation sites is 2. The third-order valence-corrected chi connectivity index (χ3v) is 4.23. The van der Waals surface area contributed by atoms with Gasteiger partial charge in [0.15, 0.2) is 11.5 Å². The second-order valence-electron chi connectivity index (χ2n) is 6.12. The number of nitro groups is 1. The van der Waals surface area contributed by atoms with Crippen LogP contribution in [0.3, 0.4) is 0 Å². The molecule has 0 saturated heterocycles. The molecule has 0 spiro atoms. The van der Waals surface area contributed by atoms with Crippen molar-refractivity contribution < 1.29 is 18.9 Å². The Morgan fingerprint density at radius 3 is 2.54 bits per heavy atom. The van der Waals surface area contributed by atoms with Gasteiger partial charge in [0.1, 0.15) is 12.4 Å². The number of nitrogens with one attached hydrogen (secondary N) is 1. The van der Waals surface area contributed by atoms with Crippen molar-refractivity contribution in [1.29, 1.82) is 0 Å². The molecule has 3 rings (SSSR count). The van der Waals surface area contributed by atoms with Gasteiger partial charge in [-0.2, -0.15) is 0 Å². The maximum Gasteiger partial charge on any atom is 0.310 e. The molecule has 1 unspecified atom stereocenters. The minimum atomic E-state index is -0.509. The lowest BCUT2D eigenvalue weighted by Crippen LogP contribution is -2.27. The largest absolute Gasteiger partial charge is 0.479 e. The van der Waals surface area contributed by atoms with E-state index in [1.165, 1.54) is 12.1 Å². The summed E-state index contributed by atoms with van der Waals surface area (Å²) in [7, 11) is 0. The van der Waals surface area contributed by atoms with E-state index < -0.39 is 4.92 Å². The number of furan rings is 1. The molecule has 7 nitrogen and oxygen atoms in total. The van der Waals surface area contributed by atoms with Crippen LogP contribution in [0, 0.1) is 10.1 Å². The Kier molecular flexibility index (Phi) is 6.06. The lowest BCUT2D eigenvalue weighted by atomic mass is 10.0. The summed E-state index contributed by atoms with van der Waals surface area (Å²) in [5, 5.41) is 14.0. The van der Waals surface area contributed by atoms with Crippen LogP contribution in [0.4, 0.5) is 5.69 Å². The molecule has 0 fully saturated rings. The fraction of sp³-hybridized carbons (Fsp3) is 0.190. The van der Waals surface area contributed by atoms with Crippen molar-refractivity contribution in [3.05, 3.63) is 93.9 Å². The number of nitrogens with zero attached hydrogens (tertiary/aromatic N) is 1. The monoisotopic (exact) mass is 380 g/mol. The van der Waals surface area contributed by atoms with Gasteiger partial charge in [-0.05, 0) is 30.2 Å². The number of amides is 1. The number of nitro benzene ring substituents is 1. The summed E-state index contributed by atoms with van der Waals surface area (Å²) >= 11 is 0. The average Bonchev–Trinajstić information content (AvgIpc) is 3.20. The summed E-state index contributed by atoms with van der Waals surface area (Å²) in [5.41, 5.74) is 0.894. The van der Waals surface area contributed by atoms with E-state index in [4.69, 9.17) is 9.15 Å². The first-order valence-corrected chi connectivity index (χ1v) is 8.89. The number of carbonyl (C=O) groups excluding carboxylic acids is 1. The minimum Gasteiger partial charge on any atom is -0.479 e. The number of carbonyl (C=O) groups is 1. The molecule has 7 heteroatoms. The molecular formula is C21H20N2O5. The molecule has 2 aromatic carbocycles. The highest BCUT2D eigenvalue weighted by Gasteiger charge is 2.18. The Balaban J connectivity index is 1.64. The number of hydrogen-bond donors (Lipinski definition) is 1. The zero-order valence-electron chi connectivity index (χ0n) is 15.3. The van der Waals surface area contributed by atoms with Crippen LogP contribution in [0.25, 0.3) is 0 Å². The first-order chi connectivity index (χ1) is 13.6. The lowest BCUT2D eigenvalue weighted by Gasteiger charge is -2.16. The standard InChI is InChI=1S/C21H20N2O5/c1-2-17(15-8-4-3-5-9-15)22-21(24)20-13-12-16(28-20)14-27-19-11-7-6-10-18(19)23(25)26/h3-13,17H,2,14H2,1H3,(H,22,24). The van der Waals surface area contributed by atoms with Gasteiger partial charge in [0.25, 0.3) is 5.91 Å². The Morgan fingerprint density at radius 1 is 1.11 bits per heavy atom. The van der Waals surface area contributed by atoms with Crippen molar-refractivity contribution in [2.45, 2.75) is 26.0 Å². The number of hydrogen-bond acceptors (Lipinski definition) is 5. The van der Waals surface area contributed by atoms with E-state index in [9.17, 15) is 14.9 Å². The van der Waals surface area contributed by atoms with Gasteiger partial charge in [0.05, 0.1) is 11.0 Å². The average molecular weight is 380 g/mol. The second kappa shape index (κ2) is 8.85. The molecule has 0 aliphatic rings. The third-order valence-electron chi connectivity index (χ3n) is 4.23. The van der Waals surface area contributed by atoms with Crippen LogP contribution in [-0.4, -0.2) is 10.8 Å². The summed E-state index contributed by atoms with van der Waals surface area (Å²) < 4.78 is 11.0. The lowest BCUT2D eigenvalue weighted by molar-refractivity contribution is -0.386. The van der Waals surface area contributed by atoms with Crippen LogP contribution in [-0.2, 0) is 6.61 Å². The van der Waals surface area contributed by atoms with Gasteiger partial charge in [0.2, 0.25) is 0 Å². The topological polar surface area (TPSA) is 94.6 Å². The Labute approximate surface area is 162 Å². The normalized spacial score (nSPS) is 11.6. The van der Waals surface area contributed by atoms with E-state index in [2.05, 4.69) is 5.32 Å². The maximum atomic E-state index is 12.5. The molecule has 0 saturated carbocycles. The molecule has 1 amide bonds. The predicted octanol–water partition coefficient (Wildman–Crippen LogP) is 4.65. The number of ether oxygens (including phenoxy) is 1. The predicted molar refractivity (Wildman–Crippen MR) is 103 cm³/mol.